The molecule has 0 bridgehead atoms. The maximum Gasteiger partial charge on any atom is 0.294 e. The molecule has 0 saturated heterocycles. The van der Waals surface area contributed by atoms with Gasteiger partial charge in [0.25, 0.3) is 10.1 Å². The quantitative estimate of drug-likeness (QED) is 0.707. The van der Waals surface area contributed by atoms with E-state index < -0.39 is 10.1 Å². The minimum Gasteiger partial charge on any atom is -0.396 e. The van der Waals surface area contributed by atoms with E-state index in [4.69, 9.17) is 4.55 Å². The first-order valence-corrected chi connectivity index (χ1v) is 11.1. The summed E-state index contributed by atoms with van der Waals surface area (Å²) >= 11 is 0. The predicted octanol–water partition coefficient (Wildman–Crippen LogP) is 4.97. The number of rotatable bonds is 5. The van der Waals surface area contributed by atoms with Gasteiger partial charge >= 0.3 is 0 Å². The largest absolute Gasteiger partial charge is 0.396 e. The number of aliphatic hydroxyl groups is 1. The molecular weight excluding hydrogens is 360 g/mol. The number of aryl methyl sites for hydroxylation is 1. The molecule has 2 aromatic carbocycles. The Hall–Kier alpha value is -1.69. The van der Waals surface area contributed by atoms with Crippen molar-refractivity contribution in [2.75, 3.05) is 6.61 Å². The molecule has 148 valence electrons. The van der Waals surface area contributed by atoms with Crippen LogP contribution in [-0.4, -0.2) is 24.7 Å². The highest BCUT2D eigenvalue weighted by molar-refractivity contribution is 7.85. The van der Waals surface area contributed by atoms with E-state index in [0.717, 1.165) is 17.9 Å². The summed E-state index contributed by atoms with van der Waals surface area (Å²) in [5.74, 6) is 1.37. The Morgan fingerprint density at radius 2 is 1.56 bits per heavy atom. The summed E-state index contributed by atoms with van der Waals surface area (Å²) in [5, 5.41) is 9.23. The molecular formula is C22H30O4S. The van der Waals surface area contributed by atoms with Crippen molar-refractivity contribution in [3.05, 3.63) is 65.7 Å². The number of hydrogen-bond donors (Lipinski definition) is 2. The molecule has 2 aromatic rings. The fraction of sp³-hybridized carbons (Fsp3) is 0.455. The van der Waals surface area contributed by atoms with Gasteiger partial charge in [0.2, 0.25) is 0 Å². The average Bonchev–Trinajstić information content (AvgIpc) is 2.68. The minimum atomic E-state index is -4.02. The van der Waals surface area contributed by atoms with E-state index in [2.05, 4.69) is 30.3 Å². The Morgan fingerprint density at radius 1 is 0.963 bits per heavy atom. The average molecular weight is 391 g/mol. The first-order valence-electron chi connectivity index (χ1n) is 9.62. The Bertz CT molecular complexity index is 764. The van der Waals surface area contributed by atoms with E-state index in [0.29, 0.717) is 12.5 Å². The van der Waals surface area contributed by atoms with Gasteiger partial charge in [-0.3, -0.25) is 4.55 Å². The molecule has 27 heavy (non-hydrogen) atoms. The molecule has 1 aliphatic carbocycles. The van der Waals surface area contributed by atoms with Crippen molar-refractivity contribution in [2.45, 2.75) is 56.3 Å². The lowest BCUT2D eigenvalue weighted by Crippen LogP contribution is -2.17. The number of aliphatic hydroxyl groups excluding tert-OH is 1. The van der Waals surface area contributed by atoms with Crippen LogP contribution in [-0.2, 0) is 10.1 Å². The van der Waals surface area contributed by atoms with E-state index in [1.54, 1.807) is 12.1 Å². The molecule has 1 saturated carbocycles. The van der Waals surface area contributed by atoms with Crippen molar-refractivity contribution in [1.82, 2.24) is 0 Å². The lowest BCUT2D eigenvalue weighted by Gasteiger charge is -2.30. The molecule has 1 fully saturated rings. The van der Waals surface area contributed by atoms with E-state index in [9.17, 15) is 13.5 Å². The van der Waals surface area contributed by atoms with Gasteiger partial charge in [0.05, 0.1) is 4.90 Å². The van der Waals surface area contributed by atoms with Crippen LogP contribution in [0.4, 0.5) is 0 Å². The van der Waals surface area contributed by atoms with Crippen LogP contribution < -0.4 is 0 Å². The van der Waals surface area contributed by atoms with Gasteiger partial charge < -0.3 is 5.11 Å². The fourth-order valence-electron chi connectivity index (χ4n) is 3.76. The standard InChI is InChI=1S/C15H22O.C7H8O3S/c16-12-11-15(13-7-3-1-4-8-13)14-9-5-2-6-10-14;1-6-2-4-7(5-3-6)11(8,9)10/h1,3-4,7-8,14-16H,2,5-6,9-12H2;2-5H,1H3,(H,8,9,10). The molecule has 0 aromatic heterocycles. The Morgan fingerprint density at radius 3 is 2.07 bits per heavy atom. The van der Waals surface area contributed by atoms with Gasteiger partial charge in [0.15, 0.2) is 0 Å². The molecule has 0 heterocycles. The molecule has 0 aliphatic heterocycles. The Kier molecular flexibility index (Phi) is 8.48. The van der Waals surface area contributed by atoms with Crippen LogP contribution in [0.3, 0.4) is 0 Å². The summed E-state index contributed by atoms with van der Waals surface area (Å²) < 4.78 is 29.6. The van der Waals surface area contributed by atoms with Crippen LogP contribution in [0.1, 0.15) is 55.6 Å². The third-order valence-corrected chi connectivity index (χ3v) is 6.07. The van der Waals surface area contributed by atoms with E-state index >= 15 is 0 Å². The van der Waals surface area contributed by atoms with Gasteiger partial charge in [0, 0.05) is 6.61 Å². The lowest BCUT2D eigenvalue weighted by atomic mass is 9.75. The van der Waals surface area contributed by atoms with Crippen molar-refractivity contribution in [2.24, 2.45) is 5.92 Å². The first kappa shape index (κ1) is 21.6. The number of benzene rings is 2. The molecule has 0 spiro atoms. The van der Waals surface area contributed by atoms with Gasteiger partial charge in [-0.05, 0) is 55.7 Å². The third-order valence-electron chi connectivity index (χ3n) is 5.21. The van der Waals surface area contributed by atoms with Gasteiger partial charge in [-0.25, -0.2) is 0 Å². The molecule has 0 amide bonds. The molecule has 2 N–H and O–H groups in total. The van der Waals surface area contributed by atoms with Crippen molar-refractivity contribution >= 4 is 10.1 Å². The monoisotopic (exact) mass is 390 g/mol. The summed E-state index contributed by atoms with van der Waals surface area (Å²) in [7, 11) is -4.02. The van der Waals surface area contributed by atoms with Crippen LogP contribution in [0.15, 0.2) is 59.5 Å². The highest BCUT2D eigenvalue weighted by atomic mass is 32.2. The minimum absolute atomic E-state index is 0.0666. The molecule has 4 nitrogen and oxygen atoms in total. The Labute approximate surface area is 163 Å². The predicted molar refractivity (Wildman–Crippen MR) is 108 cm³/mol. The molecule has 5 heteroatoms. The fourth-order valence-corrected chi connectivity index (χ4v) is 4.24. The van der Waals surface area contributed by atoms with Gasteiger partial charge in [-0.2, -0.15) is 8.42 Å². The van der Waals surface area contributed by atoms with Crippen molar-refractivity contribution < 1.29 is 18.1 Å². The summed E-state index contributed by atoms with van der Waals surface area (Å²) in [6.45, 7) is 2.16. The van der Waals surface area contributed by atoms with Crippen LogP contribution in [0.2, 0.25) is 0 Å². The summed E-state index contributed by atoms with van der Waals surface area (Å²) in [6, 6.07) is 16.7. The molecule has 1 unspecified atom stereocenters. The highest BCUT2D eigenvalue weighted by Crippen LogP contribution is 2.37. The zero-order chi connectivity index (χ0) is 19.7. The number of hydrogen-bond acceptors (Lipinski definition) is 3. The second-order valence-corrected chi connectivity index (χ2v) is 8.64. The second-order valence-electron chi connectivity index (χ2n) is 7.22. The van der Waals surface area contributed by atoms with Crippen LogP contribution in [0.25, 0.3) is 0 Å². The Balaban J connectivity index is 0.000000208. The van der Waals surface area contributed by atoms with Crippen molar-refractivity contribution in [3.63, 3.8) is 0 Å². The highest BCUT2D eigenvalue weighted by Gasteiger charge is 2.24. The first-order chi connectivity index (χ1) is 12.9. The summed E-state index contributed by atoms with van der Waals surface area (Å²) in [4.78, 5) is -0.0666. The smallest absolute Gasteiger partial charge is 0.294 e. The molecule has 1 aliphatic rings. The zero-order valence-corrected chi connectivity index (χ0v) is 16.7. The second kappa shape index (κ2) is 10.6. The van der Waals surface area contributed by atoms with E-state index in [1.165, 1.54) is 49.8 Å². The van der Waals surface area contributed by atoms with Crippen LogP contribution in [0, 0.1) is 12.8 Å². The SMILES string of the molecule is Cc1ccc(S(=O)(=O)O)cc1.OCCC(c1ccccc1)C1CCCCC1. The van der Waals surface area contributed by atoms with Gasteiger partial charge in [-0.15, -0.1) is 0 Å². The topological polar surface area (TPSA) is 74.6 Å². The lowest BCUT2D eigenvalue weighted by molar-refractivity contribution is 0.229. The third kappa shape index (κ3) is 7.09. The van der Waals surface area contributed by atoms with Gasteiger partial charge in [-0.1, -0.05) is 67.3 Å². The van der Waals surface area contributed by atoms with Crippen LogP contribution >= 0.6 is 0 Å². The van der Waals surface area contributed by atoms with Crippen molar-refractivity contribution in [1.29, 1.82) is 0 Å². The van der Waals surface area contributed by atoms with Gasteiger partial charge in [0.1, 0.15) is 0 Å². The maximum absolute atomic E-state index is 10.5. The summed E-state index contributed by atoms with van der Waals surface area (Å²) in [6.07, 6.45) is 7.77. The van der Waals surface area contributed by atoms with E-state index in [1.807, 2.05) is 6.92 Å². The molecule has 3 rings (SSSR count). The van der Waals surface area contributed by atoms with E-state index in [-0.39, 0.29) is 4.90 Å². The summed E-state index contributed by atoms with van der Waals surface area (Å²) in [5.41, 5.74) is 2.38. The molecule has 1 atom stereocenters. The van der Waals surface area contributed by atoms with Crippen LogP contribution in [0.5, 0.6) is 0 Å². The van der Waals surface area contributed by atoms with Crippen molar-refractivity contribution in [3.8, 4) is 0 Å². The molecule has 0 radical (unpaired) electrons. The maximum atomic E-state index is 10.5. The zero-order valence-electron chi connectivity index (χ0n) is 15.9. The normalized spacial score (nSPS) is 16.3.